The summed E-state index contributed by atoms with van der Waals surface area (Å²) in [5.74, 6) is -0.552. The molecule has 2 aliphatic heterocycles. The molecular formula is C22H25N3O3. The summed E-state index contributed by atoms with van der Waals surface area (Å²) in [6.07, 6.45) is 3.03. The van der Waals surface area contributed by atoms with Crippen molar-refractivity contribution in [3.05, 3.63) is 48.0 Å². The topological polar surface area (TPSA) is 69.7 Å². The minimum Gasteiger partial charge on any atom is -0.338 e. The number of piperidine rings is 1. The summed E-state index contributed by atoms with van der Waals surface area (Å²) >= 11 is 0. The van der Waals surface area contributed by atoms with E-state index in [9.17, 15) is 14.4 Å². The van der Waals surface area contributed by atoms with Crippen LogP contribution in [-0.2, 0) is 15.1 Å². The van der Waals surface area contributed by atoms with Crippen LogP contribution in [-0.4, -0.2) is 46.8 Å². The van der Waals surface area contributed by atoms with Crippen molar-refractivity contribution in [3.63, 3.8) is 0 Å². The Morgan fingerprint density at radius 2 is 1.89 bits per heavy atom. The van der Waals surface area contributed by atoms with Crippen LogP contribution in [0.5, 0.6) is 0 Å². The number of hydrogen-bond donors (Lipinski definition) is 1. The molecule has 4 rings (SSSR count). The molecule has 0 radical (unpaired) electrons. The standard InChI is InChI=1S/C22H25N3O3/c1-15-7-5-6-12-24(15)19(26)14-25-20(27)22(2,23-21(25)28)18-11-10-16-8-3-4-9-17(16)13-18/h3-4,8-11,13,15H,5-7,12,14H2,1-2H3,(H,23,28)/t15-,22+/m1/s1. The van der Waals surface area contributed by atoms with Crippen LogP contribution in [0, 0.1) is 0 Å². The first-order valence-electron chi connectivity index (χ1n) is 9.83. The molecule has 2 aromatic rings. The summed E-state index contributed by atoms with van der Waals surface area (Å²) < 4.78 is 0. The average Bonchev–Trinajstić information content (AvgIpc) is 2.92. The van der Waals surface area contributed by atoms with Gasteiger partial charge in [-0.2, -0.15) is 0 Å². The SMILES string of the molecule is C[C@@H]1CCCCN1C(=O)CN1C(=O)N[C@@](C)(c2ccc3ccccc3c2)C1=O. The molecule has 0 spiro atoms. The van der Waals surface area contributed by atoms with Gasteiger partial charge in [-0.1, -0.05) is 36.4 Å². The van der Waals surface area contributed by atoms with Crippen LogP contribution in [0.1, 0.15) is 38.7 Å². The van der Waals surface area contributed by atoms with Crippen molar-refractivity contribution in [1.82, 2.24) is 15.1 Å². The van der Waals surface area contributed by atoms with Gasteiger partial charge in [-0.05, 0) is 55.5 Å². The van der Waals surface area contributed by atoms with Gasteiger partial charge in [-0.3, -0.25) is 14.5 Å². The monoisotopic (exact) mass is 379 g/mol. The number of amides is 4. The van der Waals surface area contributed by atoms with E-state index in [1.54, 1.807) is 11.8 Å². The lowest BCUT2D eigenvalue weighted by Crippen LogP contribution is -2.48. The number of nitrogens with zero attached hydrogens (tertiary/aromatic N) is 2. The van der Waals surface area contributed by atoms with Gasteiger partial charge in [0.2, 0.25) is 5.91 Å². The molecule has 2 atom stereocenters. The number of fused-ring (bicyclic) bond motifs is 1. The Labute approximate surface area is 164 Å². The summed E-state index contributed by atoms with van der Waals surface area (Å²) in [7, 11) is 0. The van der Waals surface area contributed by atoms with Crippen molar-refractivity contribution in [2.45, 2.75) is 44.7 Å². The molecule has 6 nitrogen and oxygen atoms in total. The second-order valence-electron chi connectivity index (χ2n) is 7.94. The third-order valence-corrected chi connectivity index (χ3v) is 6.02. The van der Waals surface area contributed by atoms with Gasteiger partial charge in [-0.15, -0.1) is 0 Å². The van der Waals surface area contributed by atoms with Crippen molar-refractivity contribution in [2.24, 2.45) is 0 Å². The molecule has 4 amide bonds. The van der Waals surface area contributed by atoms with Crippen LogP contribution >= 0.6 is 0 Å². The predicted molar refractivity (Wildman–Crippen MR) is 107 cm³/mol. The number of rotatable bonds is 3. The normalized spacial score (nSPS) is 25.3. The Morgan fingerprint density at radius 3 is 2.64 bits per heavy atom. The first kappa shape index (κ1) is 18.5. The lowest BCUT2D eigenvalue weighted by atomic mass is 9.90. The van der Waals surface area contributed by atoms with Crippen molar-refractivity contribution in [2.75, 3.05) is 13.1 Å². The number of carbonyl (C=O) groups is 3. The molecule has 6 heteroatoms. The van der Waals surface area contributed by atoms with Crippen molar-refractivity contribution in [1.29, 1.82) is 0 Å². The molecule has 146 valence electrons. The summed E-state index contributed by atoms with van der Waals surface area (Å²) in [5, 5.41) is 4.86. The van der Waals surface area contributed by atoms with E-state index in [1.165, 1.54) is 0 Å². The number of nitrogens with one attached hydrogen (secondary N) is 1. The third kappa shape index (κ3) is 3.03. The highest BCUT2D eigenvalue weighted by molar-refractivity contribution is 6.09. The smallest absolute Gasteiger partial charge is 0.325 e. The number of urea groups is 1. The lowest BCUT2D eigenvalue weighted by molar-refractivity contribution is -0.140. The van der Waals surface area contributed by atoms with E-state index in [0.29, 0.717) is 12.1 Å². The number of carbonyl (C=O) groups excluding carboxylic acids is 3. The van der Waals surface area contributed by atoms with Crippen LogP contribution in [0.3, 0.4) is 0 Å². The number of benzene rings is 2. The first-order valence-corrected chi connectivity index (χ1v) is 9.83. The van der Waals surface area contributed by atoms with E-state index >= 15 is 0 Å². The maximum Gasteiger partial charge on any atom is 0.325 e. The molecule has 28 heavy (non-hydrogen) atoms. The Hall–Kier alpha value is -2.89. The highest BCUT2D eigenvalue weighted by atomic mass is 16.2. The van der Waals surface area contributed by atoms with Crippen LogP contribution in [0.4, 0.5) is 4.79 Å². The van der Waals surface area contributed by atoms with Gasteiger partial charge < -0.3 is 10.2 Å². The molecule has 0 bridgehead atoms. The van der Waals surface area contributed by atoms with Gasteiger partial charge in [0, 0.05) is 12.6 Å². The van der Waals surface area contributed by atoms with Gasteiger partial charge in [0.15, 0.2) is 0 Å². The zero-order chi connectivity index (χ0) is 19.9. The molecule has 2 aliphatic rings. The molecule has 2 heterocycles. The van der Waals surface area contributed by atoms with E-state index in [0.717, 1.165) is 34.9 Å². The van der Waals surface area contributed by atoms with Crippen molar-refractivity contribution in [3.8, 4) is 0 Å². The third-order valence-electron chi connectivity index (χ3n) is 6.02. The summed E-state index contributed by atoms with van der Waals surface area (Å²) in [4.78, 5) is 41.3. The Morgan fingerprint density at radius 1 is 1.14 bits per heavy atom. The first-order chi connectivity index (χ1) is 13.4. The van der Waals surface area contributed by atoms with E-state index in [2.05, 4.69) is 5.32 Å². The van der Waals surface area contributed by atoms with Gasteiger partial charge in [-0.25, -0.2) is 4.79 Å². The van der Waals surface area contributed by atoms with Crippen molar-refractivity contribution >= 4 is 28.6 Å². The highest BCUT2D eigenvalue weighted by Gasteiger charge is 2.49. The van der Waals surface area contributed by atoms with E-state index in [-0.39, 0.29) is 24.4 Å². The zero-order valence-electron chi connectivity index (χ0n) is 16.3. The summed E-state index contributed by atoms with van der Waals surface area (Å²) in [6.45, 7) is 4.19. The average molecular weight is 379 g/mol. The number of imide groups is 1. The predicted octanol–water partition coefficient (Wildman–Crippen LogP) is 3.01. The van der Waals surface area contributed by atoms with E-state index in [4.69, 9.17) is 0 Å². The van der Waals surface area contributed by atoms with Gasteiger partial charge in [0.05, 0.1) is 0 Å². The van der Waals surface area contributed by atoms with Crippen LogP contribution in [0.25, 0.3) is 10.8 Å². The molecular weight excluding hydrogens is 354 g/mol. The lowest BCUT2D eigenvalue weighted by Gasteiger charge is -2.34. The molecule has 2 saturated heterocycles. The van der Waals surface area contributed by atoms with Crippen LogP contribution in [0.2, 0.25) is 0 Å². The number of likely N-dealkylation sites (tertiary alicyclic amines) is 1. The zero-order valence-corrected chi connectivity index (χ0v) is 16.3. The fraction of sp³-hybridized carbons (Fsp3) is 0.409. The van der Waals surface area contributed by atoms with Gasteiger partial charge in [0.25, 0.3) is 5.91 Å². The maximum absolute atomic E-state index is 13.1. The van der Waals surface area contributed by atoms with E-state index < -0.39 is 11.6 Å². The maximum atomic E-state index is 13.1. The minimum atomic E-state index is -1.17. The molecule has 0 aliphatic carbocycles. The molecule has 0 unspecified atom stereocenters. The van der Waals surface area contributed by atoms with E-state index in [1.807, 2.05) is 49.4 Å². The second kappa shape index (κ2) is 6.93. The van der Waals surface area contributed by atoms with Gasteiger partial charge >= 0.3 is 6.03 Å². The largest absolute Gasteiger partial charge is 0.338 e. The van der Waals surface area contributed by atoms with Crippen LogP contribution in [0.15, 0.2) is 42.5 Å². The minimum absolute atomic E-state index is 0.147. The highest BCUT2D eigenvalue weighted by Crippen LogP contribution is 2.31. The fourth-order valence-electron chi connectivity index (χ4n) is 4.23. The fourth-order valence-corrected chi connectivity index (χ4v) is 4.23. The Kier molecular flexibility index (Phi) is 4.57. The molecule has 1 N–H and O–H groups in total. The van der Waals surface area contributed by atoms with Crippen LogP contribution < -0.4 is 5.32 Å². The second-order valence-corrected chi connectivity index (χ2v) is 7.94. The molecule has 2 aromatic carbocycles. The Bertz CT molecular complexity index is 957. The van der Waals surface area contributed by atoms with Crippen molar-refractivity contribution < 1.29 is 14.4 Å². The molecule has 0 aromatic heterocycles. The molecule has 2 fully saturated rings. The quantitative estimate of drug-likeness (QED) is 0.834. The summed E-state index contributed by atoms with van der Waals surface area (Å²) in [5.41, 5.74) is -0.458. The molecule has 0 saturated carbocycles. The van der Waals surface area contributed by atoms with Gasteiger partial charge in [0.1, 0.15) is 12.1 Å². The summed E-state index contributed by atoms with van der Waals surface area (Å²) in [6, 6.07) is 13.2. The number of hydrogen-bond acceptors (Lipinski definition) is 3. The Balaban J connectivity index is 1.57.